The number of rotatable bonds is 5. The molecule has 0 bridgehead atoms. The second kappa shape index (κ2) is 8.52. The number of hydrogen-bond donors (Lipinski definition) is 2. The summed E-state index contributed by atoms with van der Waals surface area (Å²) < 4.78 is 4.99. The summed E-state index contributed by atoms with van der Waals surface area (Å²) >= 11 is 0. The number of carbonyl (C=O) groups excluding carboxylic acids is 2. The Hall–Kier alpha value is -2.31. The Labute approximate surface area is 142 Å². The van der Waals surface area contributed by atoms with Crippen molar-refractivity contribution in [3.05, 3.63) is 23.9 Å². The molecule has 0 spiro atoms. The summed E-state index contributed by atoms with van der Waals surface area (Å²) in [5.41, 5.74) is 0.856. The van der Waals surface area contributed by atoms with E-state index in [9.17, 15) is 9.59 Å². The zero-order chi connectivity index (χ0) is 17.5. The van der Waals surface area contributed by atoms with Crippen LogP contribution >= 0.6 is 0 Å². The summed E-state index contributed by atoms with van der Waals surface area (Å²) in [5.74, 6) is 0.501. The van der Waals surface area contributed by atoms with E-state index in [0.29, 0.717) is 12.4 Å². The minimum Gasteiger partial charge on any atom is -0.481 e. The number of likely N-dealkylation sites (tertiary alicyclic amines) is 1. The van der Waals surface area contributed by atoms with Crippen LogP contribution in [0, 0.1) is 0 Å². The number of urea groups is 1. The molecule has 7 nitrogen and oxygen atoms in total. The van der Waals surface area contributed by atoms with Crippen LogP contribution in [-0.2, 0) is 11.3 Å². The van der Waals surface area contributed by atoms with Crippen LogP contribution in [0.2, 0.25) is 0 Å². The smallest absolute Gasteiger partial charge is 0.315 e. The van der Waals surface area contributed by atoms with Crippen molar-refractivity contribution in [2.75, 3.05) is 13.7 Å². The average Bonchev–Trinajstić information content (AvgIpc) is 2.60. The molecule has 1 saturated heterocycles. The minimum absolute atomic E-state index is 0.0246. The standard InChI is InChI=1S/C17H26N4O3/c1-12-6-4-5-9-21(12)16(22)13(2)20-17(23)19-11-14-7-8-15(24-3)18-10-14/h7-8,10,12-13H,4-6,9,11H2,1-3H3,(H2,19,20,23)/t12-,13-/m0/s1. The third kappa shape index (κ3) is 4.84. The maximum atomic E-state index is 12.4. The number of piperidine rings is 1. The first-order valence-corrected chi connectivity index (χ1v) is 8.35. The van der Waals surface area contributed by atoms with E-state index in [1.807, 2.05) is 11.0 Å². The number of hydrogen-bond acceptors (Lipinski definition) is 4. The Morgan fingerprint density at radius 3 is 2.83 bits per heavy atom. The zero-order valence-corrected chi connectivity index (χ0v) is 14.5. The van der Waals surface area contributed by atoms with Gasteiger partial charge in [-0.3, -0.25) is 4.79 Å². The first-order valence-electron chi connectivity index (χ1n) is 8.35. The molecule has 1 aliphatic rings. The molecule has 2 rings (SSSR count). The number of ether oxygens (including phenoxy) is 1. The van der Waals surface area contributed by atoms with Crippen molar-refractivity contribution in [3.8, 4) is 5.88 Å². The molecule has 2 atom stereocenters. The molecular weight excluding hydrogens is 308 g/mol. The average molecular weight is 334 g/mol. The Morgan fingerprint density at radius 2 is 2.21 bits per heavy atom. The summed E-state index contributed by atoms with van der Waals surface area (Å²) in [5, 5.41) is 5.44. The van der Waals surface area contributed by atoms with Crippen LogP contribution in [0.5, 0.6) is 5.88 Å². The molecule has 1 aliphatic heterocycles. The maximum absolute atomic E-state index is 12.4. The fourth-order valence-corrected chi connectivity index (χ4v) is 2.80. The molecular formula is C17H26N4O3. The number of carbonyl (C=O) groups is 2. The number of methoxy groups -OCH3 is 1. The molecule has 132 valence electrons. The maximum Gasteiger partial charge on any atom is 0.315 e. The number of amides is 3. The van der Waals surface area contributed by atoms with Gasteiger partial charge in [-0.05, 0) is 38.7 Å². The van der Waals surface area contributed by atoms with Crippen molar-refractivity contribution >= 4 is 11.9 Å². The van der Waals surface area contributed by atoms with Crippen molar-refractivity contribution in [1.29, 1.82) is 0 Å². The van der Waals surface area contributed by atoms with Gasteiger partial charge < -0.3 is 20.3 Å². The van der Waals surface area contributed by atoms with E-state index in [-0.39, 0.29) is 18.0 Å². The number of pyridine rings is 1. The highest BCUT2D eigenvalue weighted by Crippen LogP contribution is 2.17. The quantitative estimate of drug-likeness (QED) is 0.858. The van der Waals surface area contributed by atoms with Gasteiger partial charge in [0.25, 0.3) is 0 Å². The molecule has 0 aliphatic carbocycles. The molecule has 1 fully saturated rings. The summed E-state index contributed by atoms with van der Waals surface area (Å²) in [6.07, 6.45) is 4.85. The molecule has 0 radical (unpaired) electrons. The molecule has 0 aromatic carbocycles. The third-order valence-electron chi connectivity index (χ3n) is 4.26. The number of nitrogens with zero attached hydrogens (tertiary/aromatic N) is 2. The van der Waals surface area contributed by atoms with Gasteiger partial charge in [-0.1, -0.05) is 6.07 Å². The van der Waals surface area contributed by atoms with Crippen LogP contribution < -0.4 is 15.4 Å². The Morgan fingerprint density at radius 1 is 1.42 bits per heavy atom. The van der Waals surface area contributed by atoms with Crippen molar-refractivity contribution in [3.63, 3.8) is 0 Å². The number of nitrogens with one attached hydrogen (secondary N) is 2. The highest BCUT2D eigenvalue weighted by Gasteiger charge is 2.27. The summed E-state index contributed by atoms with van der Waals surface area (Å²) in [7, 11) is 1.55. The van der Waals surface area contributed by atoms with Gasteiger partial charge in [0.1, 0.15) is 6.04 Å². The summed E-state index contributed by atoms with van der Waals surface area (Å²) in [6, 6.07) is 2.90. The fourth-order valence-electron chi connectivity index (χ4n) is 2.80. The van der Waals surface area contributed by atoms with Gasteiger partial charge in [-0.15, -0.1) is 0 Å². The summed E-state index contributed by atoms with van der Waals surface area (Å²) in [6.45, 7) is 4.88. The van der Waals surface area contributed by atoms with Gasteiger partial charge in [0.15, 0.2) is 0 Å². The zero-order valence-electron chi connectivity index (χ0n) is 14.5. The molecule has 0 saturated carbocycles. The Kier molecular flexibility index (Phi) is 6.40. The largest absolute Gasteiger partial charge is 0.481 e. The van der Waals surface area contributed by atoms with Crippen LogP contribution in [0.1, 0.15) is 38.7 Å². The van der Waals surface area contributed by atoms with Gasteiger partial charge in [0.05, 0.1) is 7.11 Å². The molecule has 1 aromatic rings. The first-order chi connectivity index (χ1) is 11.5. The van der Waals surface area contributed by atoms with Gasteiger partial charge in [-0.2, -0.15) is 0 Å². The van der Waals surface area contributed by atoms with Crippen molar-refractivity contribution in [2.24, 2.45) is 0 Å². The highest BCUT2D eigenvalue weighted by molar-refractivity contribution is 5.86. The molecule has 0 unspecified atom stereocenters. The van der Waals surface area contributed by atoms with Crippen molar-refractivity contribution in [2.45, 2.75) is 51.7 Å². The highest BCUT2D eigenvalue weighted by atomic mass is 16.5. The molecule has 3 amide bonds. The van der Waals surface area contributed by atoms with E-state index < -0.39 is 6.04 Å². The predicted molar refractivity (Wildman–Crippen MR) is 90.6 cm³/mol. The lowest BCUT2D eigenvalue weighted by Gasteiger charge is -2.35. The monoisotopic (exact) mass is 334 g/mol. The van der Waals surface area contributed by atoms with E-state index in [1.165, 1.54) is 0 Å². The number of aromatic nitrogens is 1. The van der Waals surface area contributed by atoms with E-state index in [1.54, 1.807) is 26.3 Å². The van der Waals surface area contributed by atoms with E-state index >= 15 is 0 Å². The minimum atomic E-state index is -0.542. The van der Waals surface area contributed by atoms with Crippen LogP contribution in [-0.4, -0.2) is 47.6 Å². The second-order valence-electron chi connectivity index (χ2n) is 6.13. The molecule has 7 heteroatoms. The van der Waals surface area contributed by atoms with E-state index in [0.717, 1.165) is 31.4 Å². The molecule has 2 N–H and O–H groups in total. The van der Waals surface area contributed by atoms with Crippen LogP contribution in [0.3, 0.4) is 0 Å². The SMILES string of the molecule is COc1ccc(CNC(=O)N[C@@H](C)C(=O)N2CCCC[C@@H]2C)cn1. The van der Waals surface area contributed by atoms with Gasteiger partial charge in [0.2, 0.25) is 11.8 Å². The van der Waals surface area contributed by atoms with Crippen molar-refractivity contribution < 1.29 is 14.3 Å². The molecule has 1 aromatic heterocycles. The second-order valence-corrected chi connectivity index (χ2v) is 6.13. The predicted octanol–water partition coefficient (Wildman–Crippen LogP) is 1.68. The first kappa shape index (κ1) is 18.0. The lowest BCUT2D eigenvalue weighted by atomic mass is 10.0. The summed E-state index contributed by atoms with van der Waals surface area (Å²) in [4.78, 5) is 30.4. The van der Waals surface area contributed by atoms with Crippen LogP contribution in [0.15, 0.2) is 18.3 Å². The van der Waals surface area contributed by atoms with Crippen LogP contribution in [0.4, 0.5) is 4.79 Å². The van der Waals surface area contributed by atoms with Gasteiger partial charge in [0, 0.05) is 31.4 Å². The van der Waals surface area contributed by atoms with E-state index in [2.05, 4.69) is 22.5 Å². The molecule has 2 heterocycles. The van der Waals surface area contributed by atoms with Crippen molar-refractivity contribution in [1.82, 2.24) is 20.5 Å². The van der Waals surface area contributed by atoms with E-state index in [4.69, 9.17) is 4.74 Å². The molecule has 24 heavy (non-hydrogen) atoms. The van der Waals surface area contributed by atoms with Gasteiger partial charge in [-0.25, -0.2) is 9.78 Å². The Bertz CT molecular complexity index is 561. The normalized spacial score (nSPS) is 18.6. The third-order valence-corrected chi connectivity index (χ3v) is 4.26. The fraction of sp³-hybridized carbons (Fsp3) is 0.588. The van der Waals surface area contributed by atoms with Crippen LogP contribution in [0.25, 0.3) is 0 Å². The topological polar surface area (TPSA) is 83.6 Å². The Balaban J connectivity index is 1.79. The lowest BCUT2D eigenvalue weighted by molar-refractivity contribution is -0.136. The lowest BCUT2D eigenvalue weighted by Crippen LogP contribution is -2.53. The van der Waals surface area contributed by atoms with Gasteiger partial charge >= 0.3 is 6.03 Å².